The van der Waals surface area contributed by atoms with Crippen molar-refractivity contribution >= 4 is 22.7 Å². The molecule has 0 aliphatic carbocycles. The fourth-order valence-electron chi connectivity index (χ4n) is 2.32. The maximum atomic E-state index is 12.1. The number of rotatable bonds is 4. The summed E-state index contributed by atoms with van der Waals surface area (Å²) < 4.78 is 11.3. The smallest absolute Gasteiger partial charge is 0.313 e. The third kappa shape index (κ3) is 3.42. The maximum Gasteiger partial charge on any atom is 0.313 e. The normalized spacial score (nSPS) is 11.2. The topological polar surface area (TPSA) is 52.6 Å². The highest BCUT2D eigenvalue weighted by Crippen LogP contribution is 2.40. The van der Waals surface area contributed by atoms with Gasteiger partial charge in [0.25, 0.3) is 0 Å². The Hall–Kier alpha value is -2.36. The van der Waals surface area contributed by atoms with Gasteiger partial charge in [0.2, 0.25) is 0 Å². The number of carbonyl (C=O) groups is 2. The van der Waals surface area contributed by atoms with Crippen LogP contribution in [0, 0.1) is 25.7 Å². The Kier molecular flexibility index (Phi) is 5.27. The van der Waals surface area contributed by atoms with Gasteiger partial charge in [-0.25, -0.2) is 0 Å². The molecule has 24 heavy (non-hydrogen) atoms. The van der Waals surface area contributed by atoms with Crippen LogP contribution < -0.4 is 9.47 Å². The minimum atomic E-state index is -0.283. The first-order chi connectivity index (χ1) is 11.2. The van der Waals surface area contributed by atoms with Gasteiger partial charge < -0.3 is 9.47 Å². The lowest BCUT2D eigenvalue weighted by Crippen LogP contribution is -2.18. The molecule has 4 nitrogen and oxygen atoms in total. The Morgan fingerprint density at radius 3 is 1.38 bits per heavy atom. The van der Waals surface area contributed by atoms with Gasteiger partial charge in [-0.1, -0.05) is 52.0 Å². The molecule has 128 valence electrons. The van der Waals surface area contributed by atoms with Crippen LogP contribution in [-0.2, 0) is 9.59 Å². The van der Waals surface area contributed by atoms with E-state index in [-0.39, 0.29) is 23.8 Å². The van der Waals surface area contributed by atoms with E-state index in [1.807, 2.05) is 38.1 Å². The Balaban J connectivity index is 2.65. The van der Waals surface area contributed by atoms with Crippen molar-refractivity contribution in [2.45, 2.75) is 41.5 Å². The van der Waals surface area contributed by atoms with Gasteiger partial charge in [0.15, 0.2) is 0 Å². The minimum Gasteiger partial charge on any atom is -0.425 e. The van der Waals surface area contributed by atoms with E-state index in [1.54, 1.807) is 27.7 Å². The molecule has 0 heterocycles. The zero-order valence-corrected chi connectivity index (χ0v) is 15.1. The van der Waals surface area contributed by atoms with Crippen LogP contribution in [0.1, 0.15) is 38.8 Å². The van der Waals surface area contributed by atoms with Crippen LogP contribution >= 0.6 is 0 Å². The van der Waals surface area contributed by atoms with Gasteiger partial charge in [-0.15, -0.1) is 0 Å². The first kappa shape index (κ1) is 18.0. The first-order valence-corrected chi connectivity index (χ1v) is 8.19. The van der Waals surface area contributed by atoms with E-state index >= 15 is 0 Å². The van der Waals surface area contributed by atoms with Crippen LogP contribution in [0.5, 0.6) is 11.5 Å². The fourth-order valence-corrected chi connectivity index (χ4v) is 2.32. The van der Waals surface area contributed by atoms with E-state index in [4.69, 9.17) is 9.47 Å². The van der Waals surface area contributed by atoms with Gasteiger partial charge in [0, 0.05) is 10.8 Å². The maximum absolute atomic E-state index is 12.1. The molecule has 4 heteroatoms. The standard InChI is InChI=1S/C20H24O4/c1-11(2)19(21)23-17-13(5)14(6)18(24-20(22)12(3)4)16-10-8-7-9-15(16)17/h7-12H,1-6H3. The van der Waals surface area contributed by atoms with Crippen molar-refractivity contribution in [1.82, 2.24) is 0 Å². The molecule has 0 spiro atoms. The third-order valence-corrected chi connectivity index (χ3v) is 4.01. The quantitative estimate of drug-likeness (QED) is 0.609. The molecule has 0 unspecified atom stereocenters. The zero-order valence-electron chi connectivity index (χ0n) is 15.1. The monoisotopic (exact) mass is 328 g/mol. The highest BCUT2D eigenvalue weighted by atomic mass is 16.5. The zero-order chi connectivity index (χ0) is 18.0. The first-order valence-electron chi connectivity index (χ1n) is 8.19. The fraction of sp³-hybridized carbons (Fsp3) is 0.400. The number of fused-ring (bicyclic) bond motifs is 1. The molecule has 0 aromatic heterocycles. The highest BCUT2D eigenvalue weighted by molar-refractivity contribution is 5.98. The Labute approximate surface area is 142 Å². The summed E-state index contributed by atoms with van der Waals surface area (Å²) in [6.07, 6.45) is 0. The van der Waals surface area contributed by atoms with Gasteiger partial charge >= 0.3 is 11.9 Å². The van der Waals surface area contributed by atoms with Gasteiger partial charge in [-0.2, -0.15) is 0 Å². The number of carbonyl (C=O) groups excluding carboxylic acids is 2. The Morgan fingerprint density at radius 2 is 1.08 bits per heavy atom. The highest BCUT2D eigenvalue weighted by Gasteiger charge is 2.22. The SMILES string of the molecule is Cc1c(C)c(OC(=O)C(C)C)c2ccccc2c1OC(=O)C(C)C. The second-order valence-electron chi connectivity index (χ2n) is 6.61. The van der Waals surface area contributed by atoms with E-state index in [9.17, 15) is 9.59 Å². The summed E-state index contributed by atoms with van der Waals surface area (Å²) in [4.78, 5) is 24.1. The third-order valence-electron chi connectivity index (χ3n) is 4.01. The van der Waals surface area contributed by atoms with Crippen molar-refractivity contribution < 1.29 is 19.1 Å². The molecule has 2 aromatic carbocycles. The van der Waals surface area contributed by atoms with Crippen LogP contribution in [0.3, 0.4) is 0 Å². The molecule has 0 amide bonds. The van der Waals surface area contributed by atoms with Crippen molar-refractivity contribution in [2.24, 2.45) is 11.8 Å². The summed E-state index contributed by atoms with van der Waals surface area (Å²) >= 11 is 0. The summed E-state index contributed by atoms with van der Waals surface area (Å²) in [6.45, 7) is 10.9. The molecule has 0 radical (unpaired) electrons. The predicted octanol–water partition coefficient (Wildman–Crippen LogP) is 4.58. The Morgan fingerprint density at radius 1 is 0.750 bits per heavy atom. The van der Waals surface area contributed by atoms with Gasteiger partial charge in [0.1, 0.15) is 11.5 Å². The van der Waals surface area contributed by atoms with E-state index in [0.29, 0.717) is 11.5 Å². The number of ether oxygens (including phenoxy) is 2. The van der Waals surface area contributed by atoms with Crippen LogP contribution in [0.15, 0.2) is 24.3 Å². The van der Waals surface area contributed by atoms with Gasteiger partial charge in [0.05, 0.1) is 11.8 Å². The van der Waals surface area contributed by atoms with E-state index in [1.165, 1.54) is 0 Å². The lowest BCUT2D eigenvalue weighted by Gasteiger charge is -2.19. The lowest BCUT2D eigenvalue weighted by molar-refractivity contribution is -0.138. The Bertz CT molecular complexity index is 721. The van der Waals surface area contributed by atoms with Gasteiger partial charge in [-0.3, -0.25) is 9.59 Å². The molecule has 0 saturated carbocycles. The summed E-state index contributed by atoms with van der Waals surface area (Å²) in [5, 5.41) is 1.53. The average Bonchev–Trinajstić information content (AvgIpc) is 2.54. The number of esters is 2. The van der Waals surface area contributed by atoms with Gasteiger partial charge in [-0.05, 0) is 25.0 Å². The van der Waals surface area contributed by atoms with Crippen molar-refractivity contribution in [3.8, 4) is 11.5 Å². The van der Waals surface area contributed by atoms with Crippen molar-refractivity contribution in [3.63, 3.8) is 0 Å². The number of benzene rings is 2. The van der Waals surface area contributed by atoms with E-state index in [2.05, 4.69) is 0 Å². The minimum absolute atomic E-state index is 0.220. The van der Waals surface area contributed by atoms with E-state index in [0.717, 1.165) is 21.9 Å². The molecule has 0 atom stereocenters. The van der Waals surface area contributed by atoms with Crippen LogP contribution in [0.25, 0.3) is 10.8 Å². The molecule has 0 fully saturated rings. The van der Waals surface area contributed by atoms with E-state index < -0.39 is 0 Å². The van der Waals surface area contributed by atoms with Crippen molar-refractivity contribution in [2.75, 3.05) is 0 Å². The van der Waals surface area contributed by atoms with Crippen LogP contribution in [-0.4, -0.2) is 11.9 Å². The molecular formula is C20H24O4. The summed E-state index contributed by atoms with van der Waals surface area (Å²) in [5.41, 5.74) is 1.60. The van der Waals surface area contributed by atoms with Crippen molar-refractivity contribution in [1.29, 1.82) is 0 Å². The summed E-state index contributed by atoms with van der Waals surface area (Å²) in [7, 11) is 0. The largest absolute Gasteiger partial charge is 0.425 e. The molecule has 2 rings (SSSR count). The predicted molar refractivity (Wildman–Crippen MR) is 94.4 cm³/mol. The number of hydrogen-bond acceptors (Lipinski definition) is 4. The van der Waals surface area contributed by atoms with Crippen LogP contribution in [0.2, 0.25) is 0 Å². The molecule has 0 bridgehead atoms. The second-order valence-corrected chi connectivity index (χ2v) is 6.61. The molecule has 0 N–H and O–H groups in total. The van der Waals surface area contributed by atoms with Crippen LogP contribution in [0.4, 0.5) is 0 Å². The summed E-state index contributed by atoms with van der Waals surface area (Å²) in [5.74, 6) is 0.0604. The molecule has 0 aliphatic rings. The summed E-state index contributed by atoms with van der Waals surface area (Å²) in [6, 6.07) is 7.49. The average molecular weight is 328 g/mol. The molecule has 0 saturated heterocycles. The lowest BCUT2D eigenvalue weighted by atomic mass is 9.99. The molecule has 0 aliphatic heterocycles. The number of hydrogen-bond donors (Lipinski definition) is 0. The van der Waals surface area contributed by atoms with Crippen molar-refractivity contribution in [3.05, 3.63) is 35.4 Å². The second kappa shape index (κ2) is 7.04. The molecule has 2 aromatic rings. The molecular weight excluding hydrogens is 304 g/mol.